The number of hydrogen-bond donors (Lipinski definition) is 0. The summed E-state index contributed by atoms with van der Waals surface area (Å²) in [6, 6.07) is 32.7. The molecular weight excluding hydrogens is 398 g/mol. The maximum absolute atomic E-state index is 13.2. The smallest absolute Gasteiger partial charge is 0.263 e. The lowest BCUT2D eigenvalue weighted by molar-refractivity contribution is 0.101. The Balaban J connectivity index is 1.50. The number of fused-ring (bicyclic) bond motifs is 1. The zero-order chi connectivity index (χ0) is 21.9. The van der Waals surface area contributed by atoms with Crippen LogP contribution in [0.15, 0.2) is 103 Å². The maximum atomic E-state index is 13.2. The molecule has 4 aromatic rings. The van der Waals surface area contributed by atoms with Gasteiger partial charge >= 0.3 is 0 Å². The zero-order valence-electron chi connectivity index (χ0n) is 17.6. The van der Waals surface area contributed by atoms with Crippen LogP contribution < -0.4 is 14.4 Å². The van der Waals surface area contributed by atoms with Crippen LogP contribution in [0.5, 0.6) is 17.2 Å². The van der Waals surface area contributed by atoms with Crippen molar-refractivity contribution < 1.29 is 14.3 Å². The first-order valence-electron chi connectivity index (χ1n) is 10.4. The Bertz CT molecular complexity index is 1280. The molecular formula is C28H21NO3. The number of carbonyl (C=O) groups is 1. The summed E-state index contributed by atoms with van der Waals surface area (Å²) < 4.78 is 11.2. The van der Waals surface area contributed by atoms with E-state index in [-0.39, 0.29) is 5.91 Å². The third-order valence-corrected chi connectivity index (χ3v) is 5.37. The predicted octanol–water partition coefficient (Wildman–Crippen LogP) is 6.65. The number of para-hydroxylation sites is 1. The lowest BCUT2D eigenvalue weighted by Gasteiger charge is -2.19. The monoisotopic (exact) mass is 419 g/mol. The van der Waals surface area contributed by atoms with Crippen LogP contribution in [0.4, 0.5) is 5.69 Å². The number of benzene rings is 4. The Hall–Kier alpha value is -4.31. The summed E-state index contributed by atoms with van der Waals surface area (Å²) >= 11 is 0. The second-order valence-corrected chi connectivity index (χ2v) is 7.40. The van der Waals surface area contributed by atoms with Crippen molar-refractivity contribution in [3.63, 3.8) is 0 Å². The Morgan fingerprint density at radius 2 is 1.25 bits per heavy atom. The number of anilines is 1. The summed E-state index contributed by atoms with van der Waals surface area (Å²) in [5.74, 6) is 2.26. The molecule has 0 atom stereocenters. The summed E-state index contributed by atoms with van der Waals surface area (Å²) in [6.45, 7) is 0. The van der Waals surface area contributed by atoms with E-state index in [1.807, 2.05) is 109 Å². The van der Waals surface area contributed by atoms with Crippen LogP contribution in [0.1, 0.15) is 21.5 Å². The van der Waals surface area contributed by atoms with E-state index in [4.69, 9.17) is 9.47 Å². The molecule has 0 N–H and O–H groups in total. The van der Waals surface area contributed by atoms with Crippen LogP contribution in [-0.2, 0) is 0 Å². The molecule has 0 spiro atoms. The van der Waals surface area contributed by atoms with E-state index in [2.05, 4.69) is 0 Å². The number of nitrogens with zero attached hydrogens (tertiary/aromatic N) is 1. The van der Waals surface area contributed by atoms with Crippen molar-refractivity contribution in [2.75, 3.05) is 12.0 Å². The van der Waals surface area contributed by atoms with Crippen molar-refractivity contribution in [1.82, 2.24) is 0 Å². The highest BCUT2D eigenvalue weighted by atomic mass is 16.5. The lowest BCUT2D eigenvalue weighted by atomic mass is 10.1. The minimum Gasteiger partial charge on any atom is -0.497 e. The van der Waals surface area contributed by atoms with E-state index in [0.717, 1.165) is 39.8 Å². The van der Waals surface area contributed by atoms with Gasteiger partial charge in [-0.3, -0.25) is 9.69 Å². The summed E-state index contributed by atoms with van der Waals surface area (Å²) in [7, 11) is 1.63. The van der Waals surface area contributed by atoms with E-state index < -0.39 is 0 Å². The van der Waals surface area contributed by atoms with Gasteiger partial charge in [0, 0.05) is 16.8 Å². The molecule has 0 fully saturated rings. The molecule has 5 rings (SSSR count). The summed E-state index contributed by atoms with van der Waals surface area (Å²) in [6.07, 6.45) is 2.03. The highest BCUT2D eigenvalue weighted by Crippen LogP contribution is 2.38. The third-order valence-electron chi connectivity index (χ3n) is 5.37. The Labute approximate surface area is 187 Å². The number of hydrogen-bond acceptors (Lipinski definition) is 3. The Morgan fingerprint density at radius 3 is 1.94 bits per heavy atom. The summed E-state index contributed by atoms with van der Waals surface area (Å²) in [5, 5.41) is 0. The summed E-state index contributed by atoms with van der Waals surface area (Å²) in [4.78, 5) is 15.0. The largest absolute Gasteiger partial charge is 0.497 e. The van der Waals surface area contributed by atoms with Crippen molar-refractivity contribution in [3.05, 3.63) is 120 Å². The van der Waals surface area contributed by atoms with E-state index in [1.54, 1.807) is 12.0 Å². The van der Waals surface area contributed by atoms with Crippen LogP contribution in [0.3, 0.4) is 0 Å². The van der Waals surface area contributed by atoms with Gasteiger partial charge in [0.05, 0.1) is 12.8 Å². The molecule has 0 unspecified atom stereocenters. The molecule has 1 aliphatic rings. The van der Waals surface area contributed by atoms with Crippen LogP contribution in [-0.4, -0.2) is 13.0 Å². The minimum absolute atomic E-state index is 0.0407. The minimum atomic E-state index is -0.0407. The van der Waals surface area contributed by atoms with Gasteiger partial charge in [0.15, 0.2) is 0 Å². The fraction of sp³-hybridized carbons (Fsp3) is 0.0357. The quantitative estimate of drug-likeness (QED) is 0.364. The van der Waals surface area contributed by atoms with Crippen LogP contribution >= 0.6 is 0 Å². The lowest BCUT2D eigenvalue weighted by Crippen LogP contribution is -2.22. The number of amides is 1. The Morgan fingerprint density at radius 1 is 0.656 bits per heavy atom. The van der Waals surface area contributed by atoms with Gasteiger partial charge in [-0.15, -0.1) is 0 Å². The zero-order valence-corrected chi connectivity index (χ0v) is 17.6. The number of carbonyl (C=O) groups excluding carboxylic acids is 1. The topological polar surface area (TPSA) is 38.8 Å². The molecule has 4 heteroatoms. The van der Waals surface area contributed by atoms with Crippen molar-refractivity contribution in [1.29, 1.82) is 0 Å². The van der Waals surface area contributed by atoms with Gasteiger partial charge in [0.25, 0.3) is 5.91 Å². The van der Waals surface area contributed by atoms with Crippen molar-refractivity contribution >= 4 is 23.4 Å². The highest BCUT2D eigenvalue weighted by Gasteiger charge is 2.33. The molecule has 4 nitrogen and oxygen atoms in total. The van der Waals surface area contributed by atoms with Crippen molar-refractivity contribution in [3.8, 4) is 17.2 Å². The van der Waals surface area contributed by atoms with Gasteiger partial charge in [-0.2, -0.15) is 0 Å². The molecule has 4 aromatic carbocycles. The first-order chi connectivity index (χ1) is 15.7. The molecule has 0 saturated carbocycles. The fourth-order valence-corrected chi connectivity index (χ4v) is 3.79. The molecule has 1 heterocycles. The van der Waals surface area contributed by atoms with E-state index >= 15 is 0 Å². The molecule has 0 aliphatic carbocycles. The first kappa shape index (κ1) is 19.6. The van der Waals surface area contributed by atoms with Gasteiger partial charge in [-0.25, -0.2) is 0 Å². The number of methoxy groups -OCH3 is 1. The molecule has 156 valence electrons. The second-order valence-electron chi connectivity index (χ2n) is 7.40. The van der Waals surface area contributed by atoms with Gasteiger partial charge in [-0.1, -0.05) is 48.5 Å². The summed E-state index contributed by atoms with van der Waals surface area (Å²) in [5.41, 5.74) is 4.22. The molecule has 32 heavy (non-hydrogen) atoms. The predicted molar refractivity (Wildman–Crippen MR) is 127 cm³/mol. The van der Waals surface area contributed by atoms with Gasteiger partial charge in [0.2, 0.25) is 0 Å². The van der Waals surface area contributed by atoms with Crippen molar-refractivity contribution in [2.45, 2.75) is 0 Å². The second kappa shape index (κ2) is 8.44. The third kappa shape index (κ3) is 3.74. The Kier molecular flexibility index (Phi) is 5.18. The van der Waals surface area contributed by atoms with Gasteiger partial charge in [-0.05, 0) is 66.2 Å². The average molecular weight is 419 g/mol. The molecule has 1 amide bonds. The standard InChI is InChI=1S/C28H21NO3/c1-31-22-17-13-21(14-18-22)29-27(25-9-5-6-10-26(25)28(29)30)19-20-11-15-24(16-12-20)32-23-7-3-2-4-8-23/h2-19H,1H3/b27-19+. The molecule has 1 aliphatic heterocycles. The van der Waals surface area contributed by atoms with E-state index in [0.29, 0.717) is 5.56 Å². The van der Waals surface area contributed by atoms with E-state index in [9.17, 15) is 4.79 Å². The first-order valence-corrected chi connectivity index (χ1v) is 10.4. The number of rotatable bonds is 5. The van der Waals surface area contributed by atoms with Gasteiger partial charge in [0.1, 0.15) is 17.2 Å². The normalized spacial score (nSPS) is 13.8. The van der Waals surface area contributed by atoms with Crippen LogP contribution in [0.2, 0.25) is 0 Å². The van der Waals surface area contributed by atoms with E-state index in [1.165, 1.54) is 0 Å². The average Bonchev–Trinajstić information content (AvgIpc) is 3.12. The highest BCUT2D eigenvalue weighted by molar-refractivity contribution is 6.24. The SMILES string of the molecule is COc1ccc(N2C(=O)c3ccccc3/C2=C\c2ccc(Oc3ccccc3)cc2)cc1. The molecule has 0 bridgehead atoms. The fourth-order valence-electron chi connectivity index (χ4n) is 3.79. The molecule has 0 saturated heterocycles. The number of ether oxygens (including phenoxy) is 2. The molecule has 0 aromatic heterocycles. The molecule has 0 radical (unpaired) electrons. The van der Waals surface area contributed by atoms with Crippen LogP contribution in [0.25, 0.3) is 11.8 Å². The maximum Gasteiger partial charge on any atom is 0.263 e. The van der Waals surface area contributed by atoms with Crippen LogP contribution in [0, 0.1) is 0 Å². The van der Waals surface area contributed by atoms with Gasteiger partial charge < -0.3 is 9.47 Å². The van der Waals surface area contributed by atoms with Crippen molar-refractivity contribution in [2.24, 2.45) is 0 Å².